The molecule has 0 amide bonds. The zero-order chi connectivity index (χ0) is 16.8. The van der Waals surface area contributed by atoms with Crippen molar-refractivity contribution < 1.29 is 4.74 Å². The minimum Gasteiger partial charge on any atom is -0.379 e. The Morgan fingerprint density at radius 1 is 1.17 bits per heavy atom. The Labute approximate surface area is 146 Å². The Morgan fingerprint density at radius 2 is 1.92 bits per heavy atom. The fourth-order valence-electron chi connectivity index (χ4n) is 3.94. The number of aromatic nitrogens is 3. The Hall–Kier alpha value is -0.980. The second kappa shape index (κ2) is 8.92. The Bertz CT molecular complexity index is 478. The minimum absolute atomic E-state index is 0.522. The van der Waals surface area contributed by atoms with Crippen molar-refractivity contribution in [3.63, 3.8) is 0 Å². The van der Waals surface area contributed by atoms with Crippen molar-refractivity contribution in [3.8, 4) is 0 Å². The van der Waals surface area contributed by atoms with Crippen LogP contribution < -0.4 is 0 Å². The van der Waals surface area contributed by atoms with Crippen LogP contribution in [0.5, 0.6) is 0 Å². The molecule has 0 aliphatic carbocycles. The van der Waals surface area contributed by atoms with Crippen LogP contribution in [0.4, 0.5) is 0 Å². The minimum atomic E-state index is 0.522. The molecule has 0 radical (unpaired) electrons. The Morgan fingerprint density at radius 3 is 2.62 bits per heavy atom. The van der Waals surface area contributed by atoms with Gasteiger partial charge in [-0.05, 0) is 25.2 Å². The molecule has 2 fully saturated rings. The van der Waals surface area contributed by atoms with Crippen LogP contribution in [0.3, 0.4) is 0 Å². The molecule has 0 saturated carbocycles. The fraction of sp³-hybridized carbons (Fsp3) is 0.889. The first-order valence-electron chi connectivity index (χ1n) is 9.67. The lowest BCUT2D eigenvalue weighted by Crippen LogP contribution is -2.37. The summed E-state index contributed by atoms with van der Waals surface area (Å²) in [5, 5.41) is 8.81. The first-order chi connectivity index (χ1) is 11.7. The van der Waals surface area contributed by atoms with Gasteiger partial charge in [-0.1, -0.05) is 25.5 Å². The monoisotopic (exact) mass is 335 g/mol. The SMILES string of the molecule is CCCC(C)CN1CCC(n2cc(CN3CCOCC3)nn2)CC1. The van der Waals surface area contributed by atoms with E-state index in [0.717, 1.165) is 44.5 Å². The summed E-state index contributed by atoms with van der Waals surface area (Å²) in [5.74, 6) is 0.818. The number of likely N-dealkylation sites (tertiary alicyclic amines) is 1. The van der Waals surface area contributed by atoms with Crippen molar-refractivity contribution in [2.45, 2.75) is 52.1 Å². The van der Waals surface area contributed by atoms with E-state index >= 15 is 0 Å². The molecule has 2 saturated heterocycles. The molecule has 6 heteroatoms. The lowest BCUT2D eigenvalue weighted by Gasteiger charge is -2.33. The summed E-state index contributed by atoms with van der Waals surface area (Å²) in [4.78, 5) is 5.03. The summed E-state index contributed by atoms with van der Waals surface area (Å²) in [5.41, 5.74) is 1.09. The van der Waals surface area contributed by atoms with E-state index in [1.54, 1.807) is 0 Å². The highest BCUT2D eigenvalue weighted by Gasteiger charge is 2.23. The van der Waals surface area contributed by atoms with Crippen LogP contribution in [-0.2, 0) is 11.3 Å². The third kappa shape index (κ3) is 5.01. The number of hydrogen-bond donors (Lipinski definition) is 0. The maximum Gasteiger partial charge on any atom is 0.0967 e. The van der Waals surface area contributed by atoms with Gasteiger partial charge in [0.25, 0.3) is 0 Å². The first-order valence-corrected chi connectivity index (χ1v) is 9.67. The standard InChI is InChI=1S/C18H33N5O/c1-3-4-16(2)13-21-7-5-18(6-8-21)23-15-17(19-20-23)14-22-9-11-24-12-10-22/h15-16,18H,3-14H2,1-2H3. The smallest absolute Gasteiger partial charge is 0.0967 e. The van der Waals surface area contributed by atoms with E-state index in [2.05, 4.69) is 44.8 Å². The molecule has 0 bridgehead atoms. The summed E-state index contributed by atoms with van der Waals surface area (Å²) < 4.78 is 7.52. The average Bonchev–Trinajstić information content (AvgIpc) is 3.05. The van der Waals surface area contributed by atoms with Gasteiger partial charge in [-0.3, -0.25) is 4.90 Å². The molecule has 0 N–H and O–H groups in total. The predicted molar refractivity (Wildman–Crippen MR) is 94.9 cm³/mol. The third-order valence-corrected chi connectivity index (χ3v) is 5.33. The van der Waals surface area contributed by atoms with Crippen LogP contribution in [0.1, 0.15) is 51.3 Å². The van der Waals surface area contributed by atoms with Gasteiger partial charge in [0.05, 0.1) is 31.1 Å². The number of hydrogen-bond acceptors (Lipinski definition) is 5. The summed E-state index contributed by atoms with van der Waals surface area (Å²) in [6.07, 6.45) is 7.18. The molecule has 1 unspecified atom stereocenters. The molecular weight excluding hydrogens is 302 g/mol. The summed E-state index contributed by atoms with van der Waals surface area (Å²) in [6, 6.07) is 0.522. The van der Waals surface area contributed by atoms with Crippen molar-refractivity contribution >= 4 is 0 Å². The van der Waals surface area contributed by atoms with Crippen molar-refractivity contribution in [1.29, 1.82) is 0 Å². The maximum absolute atomic E-state index is 5.40. The topological polar surface area (TPSA) is 46.4 Å². The van der Waals surface area contributed by atoms with Crippen LogP contribution in [0, 0.1) is 5.92 Å². The highest BCUT2D eigenvalue weighted by Crippen LogP contribution is 2.23. The maximum atomic E-state index is 5.40. The van der Waals surface area contributed by atoms with Crippen LogP contribution >= 0.6 is 0 Å². The zero-order valence-electron chi connectivity index (χ0n) is 15.4. The largest absolute Gasteiger partial charge is 0.379 e. The van der Waals surface area contributed by atoms with Gasteiger partial charge in [-0.15, -0.1) is 5.10 Å². The lowest BCUT2D eigenvalue weighted by atomic mass is 10.0. The first kappa shape index (κ1) is 17.8. The molecule has 136 valence electrons. The van der Waals surface area contributed by atoms with E-state index in [9.17, 15) is 0 Å². The van der Waals surface area contributed by atoms with Gasteiger partial charge in [0, 0.05) is 39.3 Å². The summed E-state index contributed by atoms with van der Waals surface area (Å²) >= 11 is 0. The van der Waals surface area contributed by atoms with Gasteiger partial charge in [0.15, 0.2) is 0 Å². The highest BCUT2D eigenvalue weighted by atomic mass is 16.5. The molecule has 3 rings (SSSR count). The fourth-order valence-corrected chi connectivity index (χ4v) is 3.94. The molecule has 0 spiro atoms. The lowest BCUT2D eigenvalue weighted by molar-refractivity contribution is 0.0336. The highest BCUT2D eigenvalue weighted by molar-refractivity contribution is 4.94. The number of rotatable bonds is 7. The van der Waals surface area contributed by atoms with Gasteiger partial charge >= 0.3 is 0 Å². The number of ether oxygens (including phenoxy) is 1. The van der Waals surface area contributed by atoms with Gasteiger partial charge in [-0.2, -0.15) is 0 Å². The van der Waals surface area contributed by atoms with Crippen LogP contribution in [0.15, 0.2) is 6.20 Å². The van der Waals surface area contributed by atoms with Crippen molar-refractivity contribution in [1.82, 2.24) is 24.8 Å². The average molecular weight is 335 g/mol. The molecule has 1 atom stereocenters. The second-order valence-corrected chi connectivity index (χ2v) is 7.50. The van der Waals surface area contributed by atoms with Crippen LogP contribution in [0.2, 0.25) is 0 Å². The molecule has 6 nitrogen and oxygen atoms in total. The number of piperidine rings is 1. The van der Waals surface area contributed by atoms with Gasteiger partial charge in [0.2, 0.25) is 0 Å². The molecular formula is C18H33N5O. The van der Waals surface area contributed by atoms with Gasteiger partial charge in [-0.25, -0.2) is 4.68 Å². The van der Waals surface area contributed by atoms with Crippen LogP contribution in [-0.4, -0.2) is 70.7 Å². The van der Waals surface area contributed by atoms with Gasteiger partial charge < -0.3 is 9.64 Å². The second-order valence-electron chi connectivity index (χ2n) is 7.50. The van der Waals surface area contributed by atoms with E-state index in [4.69, 9.17) is 4.74 Å². The van der Waals surface area contributed by atoms with Crippen LogP contribution in [0.25, 0.3) is 0 Å². The quantitative estimate of drug-likeness (QED) is 0.764. The normalized spacial score (nSPS) is 22.8. The van der Waals surface area contributed by atoms with E-state index in [0.29, 0.717) is 6.04 Å². The van der Waals surface area contributed by atoms with E-state index < -0.39 is 0 Å². The van der Waals surface area contributed by atoms with E-state index in [1.807, 2.05) is 0 Å². The number of nitrogens with zero attached hydrogens (tertiary/aromatic N) is 5. The predicted octanol–water partition coefficient (Wildman–Crippen LogP) is 2.18. The molecule has 1 aromatic heterocycles. The van der Waals surface area contributed by atoms with Crippen molar-refractivity contribution in [3.05, 3.63) is 11.9 Å². The molecule has 24 heavy (non-hydrogen) atoms. The molecule has 1 aromatic rings. The van der Waals surface area contributed by atoms with Crippen molar-refractivity contribution in [2.24, 2.45) is 5.92 Å². The van der Waals surface area contributed by atoms with Gasteiger partial charge in [0.1, 0.15) is 0 Å². The molecule has 0 aromatic carbocycles. The Balaban J connectivity index is 1.44. The molecule has 2 aliphatic rings. The molecule has 2 aliphatic heterocycles. The van der Waals surface area contributed by atoms with E-state index in [1.165, 1.54) is 45.3 Å². The molecule has 3 heterocycles. The third-order valence-electron chi connectivity index (χ3n) is 5.33. The Kier molecular flexibility index (Phi) is 6.63. The number of morpholine rings is 1. The van der Waals surface area contributed by atoms with E-state index in [-0.39, 0.29) is 0 Å². The zero-order valence-corrected chi connectivity index (χ0v) is 15.4. The summed E-state index contributed by atoms with van der Waals surface area (Å²) in [6.45, 7) is 12.9. The van der Waals surface area contributed by atoms with Crippen molar-refractivity contribution in [2.75, 3.05) is 45.9 Å². The summed E-state index contributed by atoms with van der Waals surface area (Å²) in [7, 11) is 0.